The fourth-order valence-electron chi connectivity index (χ4n) is 4.57. The normalized spacial score (nSPS) is 17.9. The smallest absolute Gasteiger partial charge is 0.191 e. The second-order valence-electron chi connectivity index (χ2n) is 8.66. The maximum atomic E-state index is 4.83. The summed E-state index contributed by atoms with van der Waals surface area (Å²) in [4.78, 5) is 7.31. The van der Waals surface area contributed by atoms with E-state index >= 15 is 0 Å². The maximum Gasteiger partial charge on any atom is 0.191 e. The lowest BCUT2D eigenvalue weighted by Gasteiger charge is -2.22. The van der Waals surface area contributed by atoms with Crippen LogP contribution < -0.4 is 15.5 Å². The van der Waals surface area contributed by atoms with Crippen molar-refractivity contribution < 1.29 is 0 Å². The molecule has 3 heterocycles. The highest BCUT2D eigenvalue weighted by molar-refractivity contribution is 5.80. The van der Waals surface area contributed by atoms with E-state index in [4.69, 9.17) is 4.99 Å². The number of aryl methyl sites for hydroxylation is 1. The molecule has 0 aliphatic carbocycles. The minimum Gasteiger partial charge on any atom is -0.372 e. The molecule has 2 aliphatic heterocycles. The number of aromatic nitrogens is 3. The molecule has 168 valence electrons. The molecule has 1 aromatic carbocycles. The van der Waals surface area contributed by atoms with E-state index in [0.29, 0.717) is 6.54 Å². The molecule has 2 aromatic rings. The van der Waals surface area contributed by atoms with Gasteiger partial charge in [-0.15, -0.1) is 10.2 Å². The zero-order valence-corrected chi connectivity index (χ0v) is 19.1. The molecular weight excluding hydrogens is 386 g/mol. The van der Waals surface area contributed by atoms with Crippen LogP contribution in [0.25, 0.3) is 0 Å². The lowest BCUT2D eigenvalue weighted by Crippen LogP contribution is -2.39. The van der Waals surface area contributed by atoms with Crippen molar-refractivity contribution in [1.82, 2.24) is 25.4 Å². The summed E-state index contributed by atoms with van der Waals surface area (Å²) in [7, 11) is 0. The number of hydrogen-bond donors (Lipinski definition) is 2. The van der Waals surface area contributed by atoms with Crippen molar-refractivity contribution in [2.75, 3.05) is 31.1 Å². The molecule has 0 radical (unpaired) electrons. The number of aliphatic imine (C=N–C) groups is 1. The Labute approximate surface area is 186 Å². The molecule has 0 bridgehead atoms. The number of nitrogens with zero attached hydrogens (tertiary/aromatic N) is 5. The standard InChI is InChI=1S/C24H37N7/c1-3-25-24(26-14-13-23-29-28-22-12-5-4-6-17-31(22)23)27-19(2)20-10-9-11-21(18-20)30-15-7-8-16-30/h9-11,18-19H,3-8,12-17H2,1-2H3,(H2,25,26,27). The summed E-state index contributed by atoms with van der Waals surface area (Å²) in [6.45, 7) is 9.23. The monoisotopic (exact) mass is 423 g/mol. The van der Waals surface area contributed by atoms with Gasteiger partial charge >= 0.3 is 0 Å². The van der Waals surface area contributed by atoms with Crippen molar-refractivity contribution in [3.8, 4) is 0 Å². The largest absolute Gasteiger partial charge is 0.372 e. The average Bonchev–Trinajstić information content (AvgIpc) is 3.39. The molecule has 7 nitrogen and oxygen atoms in total. The van der Waals surface area contributed by atoms with E-state index in [2.05, 4.69) is 68.4 Å². The topological polar surface area (TPSA) is 70.4 Å². The first kappa shape index (κ1) is 21.7. The van der Waals surface area contributed by atoms with Crippen LogP contribution in [0.2, 0.25) is 0 Å². The Balaban J connectivity index is 1.38. The van der Waals surface area contributed by atoms with Crippen molar-refractivity contribution in [3.63, 3.8) is 0 Å². The molecule has 2 aliphatic rings. The van der Waals surface area contributed by atoms with Crippen molar-refractivity contribution >= 4 is 11.6 Å². The summed E-state index contributed by atoms with van der Waals surface area (Å²) in [5.74, 6) is 3.08. The predicted molar refractivity (Wildman–Crippen MR) is 127 cm³/mol. The number of nitrogens with one attached hydrogen (secondary N) is 2. The van der Waals surface area contributed by atoms with E-state index in [0.717, 1.165) is 43.5 Å². The lowest BCUT2D eigenvalue weighted by molar-refractivity contribution is 0.604. The van der Waals surface area contributed by atoms with Crippen molar-refractivity contribution in [2.24, 2.45) is 4.99 Å². The van der Waals surface area contributed by atoms with E-state index in [1.54, 1.807) is 0 Å². The van der Waals surface area contributed by atoms with E-state index < -0.39 is 0 Å². The molecule has 1 unspecified atom stereocenters. The van der Waals surface area contributed by atoms with Crippen LogP contribution in [0.3, 0.4) is 0 Å². The minimum absolute atomic E-state index is 0.185. The summed E-state index contributed by atoms with van der Waals surface area (Å²) in [6.07, 6.45) is 8.19. The van der Waals surface area contributed by atoms with Gasteiger partial charge in [-0.25, -0.2) is 0 Å². The Morgan fingerprint density at radius 3 is 2.77 bits per heavy atom. The molecule has 1 saturated heterocycles. The van der Waals surface area contributed by atoms with Gasteiger partial charge in [-0.3, -0.25) is 4.99 Å². The first-order valence-corrected chi connectivity index (χ1v) is 12.1. The summed E-state index contributed by atoms with van der Waals surface area (Å²) in [5.41, 5.74) is 2.62. The van der Waals surface area contributed by atoms with Crippen LogP contribution >= 0.6 is 0 Å². The van der Waals surface area contributed by atoms with Crippen LogP contribution in [0, 0.1) is 0 Å². The molecular formula is C24H37N7. The fraction of sp³-hybridized carbons (Fsp3) is 0.625. The second kappa shape index (κ2) is 10.6. The Morgan fingerprint density at radius 2 is 1.94 bits per heavy atom. The van der Waals surface area contributed by atoms with Gasteiger partial charge in [0.2, 0.25) is 0 Å². The van der Waals surface area contributed by atoms with Gasteiger partial charge in [0.1, 0.15) is 11.6 Å². The molecule has 7 heteroatoms. The molecule has 0 saturated carbocycles. The lowest BCUT2D eigenvalue weighted by atomic mass is 10.1. The van der Waals surface area contributed by atoms with Crippen LogP contribution in [-0.2, 0) is 19.4 Å². The van der Waals surface area contributed by atoms with Crippen LogP contribution in [0.1, 0.15) is 69.2 Å². The highest BCUT2D eigenvalue weighted by Gasteiger charge is 2.16. The minimum atomic E-state index is 0.185. The third kappa shape index (κ3) is 5.57. The zero-order chi connectivity index (χ0) is 21.5. The molecule has 4 rings (SSSR count). The van der Waals surface area contributed by atoms with Crippen molar-refractivity contribution in [1.29, 1.82) is 0 Å². The summed E-state index contributed by atoms with van der Waals surface area (Å²) in [5, 5.41) is 15.8. The van der Waals surface area contributed by atoms with Gasteiger partial charge in [-0.2, -0.15) is 0 Å². The van der Waals surface area contributed by atoms with Crippen LogP contribution in [0.15, 0.2) is 29.3 Å². The highest BCUT2D eigenvalue weighted by atomic mass is 15.3. The predicted octanol–water partition coefficient (Wildman–Crippen LogP) is 3.46. The Hall–Kier alpha value is -2.57. The Morgan fingerprint density at radius 1 is 1.10 bits per heavy atom. The number of rotatable bonds is 7. The Bertz CT molecular complexity index is 867. The molecule has 1 aromatic heterocycles. The summed E-state index contributed by atoms with van der Waals surface area (Å²) >= 11 is 0. The van der Waals surface area contributed by atoms with Crippen molar-refractivity contribution in [3.05, 3.63) is 41.5 Å². The van der Waals surface area contributed by atoms with E-state index in [1.807, 2.05) is 0 Å². The second-order valence-corrected chi connectivity index (χ2v) is 8.66. The summed E-state index contributed by atoms with van der Waals surface area (Å²) < 4.78 is 2.31. The number of fused-ring (bicyclic) bond motifs is 1. The number of benzene rings is 1. The maximum absolute atomic E-state index is 4.83. The van der Waals surface area contributed by atoms with Crippen LogP contribution in [0.4, 0.5) is 5.69 Å². The van der Waals surface area contributed by atoms with E-state index in [-0.39, 0.29) is 6.04 Å². The molecule has 1 atom stereocenters. The Kier molecular flexibility index (Phi) is 7.43. The zero-order valence-electron chi connectivity index (χ0n) is 19.1. The van der Waals surface area contributed by atoms with Gasteiger partial charge < -0.3 is 20.1 Å². The highest BCUT2D eigenvalue weighted by Crippen LogP contribution is 2.24. The van der Waals surface area contributed by atoms with Gasteiger partial charge in [0.05, 0.1) is 6.04 Å². The quantitative estimate of drug-likeness (QED) is 0.527. The van der Waals surface area contributed by atoms with Gasteiger partial charge in [0.15, 0.2) is 5.96 Å². The molecule has 0 spiro atoms. The number of anilines is 1. The van der Waals surface area contributed by atoms with Crippen molar-refractivity contribution in [2.45, 2.75) is 71.4 Å². The third-order valence-electron chi connectivity index (χ3n) is 6.33. The number of hydrogen-bond acceptors (Lipinski definition) is 4. The molecule has 0 amide bonds. The average molecular weight is 424 g/mol. The number of guanidine groups is 1. The summed E-state index contributed by atoms with van der Waals surface area (Å²) in [6, 6.07) is 9.10. The molecule has 31 heavy (non-hydrogen) atoms. The van der Waals surface area contributed by atoms with E-state index in [1.165, 1.54) is 56.4 Å². The van der Waals surface area contributed by atoms with Gasteiger partial charge in [-0.05, 0) is 57.2 Å². The fourth-order valence-corrected chi connectivity index (χ4v) is 4.57. The van der Waals surface area contributed by atoms with Crippen LogP contribution in [-0.4, -0.2) is 46.9 Å². The van der Waals surface area contributed by atoms with Crippen LogP contribution in [0.5, 0.6) is 0 Å². The van der Waals surface area contributed by atoms with E-state index in [9.17, 15) is 0 Å². The molecule has 2 N–H and O–H groups in total. The SMILES string of the molecule is CCNC(=NCCc1nnc2n1CCCCC2)NC(C)c1cccc(N2CCCC2)c1. The first-order valence-electron chi connectivity index (χ1n) is 12.1. The van der Waals surface area contributed by atoms with Gasteiger partial charge in [-0.1, -0.05) is 18.6 Å². The first-order chi connectivity index (χ1) is 15.2. The molecule has 1 fully saturated rings. The van der Waals surface area contributed by atoms with Gasteiger partial charge in [0, 0.05) is 51.3 Å². The van der Waals surface area contributed by atoms with Gasteiger partial charge in [0.25, 0.3) is 0 Å². The third-order valence-corrected chi connectivity index (χ3v) is 6.33.